The van der Waals surface area contributed by atoms with Crippen LogP contribution >= 0.6 is 11.8 Å². The maximum absolute atomic E-state index is 12.6. The van der Waals surface area contributed by atoms with Gasteiger partial charge in [0.2, 0.25) is 0 Å². The Kier molecular flexibility index (Phi) is 5.88. The quantitative estimate of drug-likeness (QED) is 0.812. The van der Waals surface area contributed by atoms with Gasteiger partial charge < -0.3 is 15.0 Å². The van der Waals surface area contributed by atoms with E-state index in [1.807, 2.05) is 24.3 Å². The summed E-state index contributed by atoms with van der Waals surface area (Å²) in [6, 6.07) is 13.8. The van der Waals surface area contributed by atoms with Crippen molar-refractivity contribution in [3.05, 3.63) is 54.1 Å². The minimum Gasteiger partial charge on any atom is -0.378 e. The fraction of sp³-hybridized carbons (Fsp3) is 0.278. The minimum absolute atomic E-state index is 0.241. The molecule has 7 heteroatoms. The number of thioether (sulfide) groups is 1. The number of hydrogen-bond acceptors (Lipinski definition) is 4. The molecule has 1 N–H and O–H groups in total. The molecule has 1 aliphatic rings. The van der Waals surface area contributed by atoms with E-state index in [1.165, 1.54) is 6.07 Å². The largest absolute Gasteiger partial charge is 0.378 e. The Bertz CT molecular complexity index is 719. The van der Waals surface area contributed by atoms with E-state index in [0.29, 0.717) is 30.7 Å². The lowest BCUT2D eigenvalue weighted by atomic mass is 10.2. The topological polar surface area (TPSA) is 41.6 Å². The highest BCUT2D eigenvalue weighted by atomic mass is 32.2. The minimum atomic E-state index is -2.57. The zero-order valence-electron chi connectivity index (χ0n) is 13.5. The third kappa shape index (κ3) is 4.70. The Balaban J connectivity index is 1.69. The van der Waals surface area contributed by atoms with Crippen LogP contribution in [0.25, 0.3) is 0 Å². The van der Waals surface area contributed by atoms with E-state index < -0.39 is 11.7 Å². The summed E-state index contributed by atoms with van der Waals surface area (Å²) in [6.45, 7) is 3.09. The number of morpholine rings is 1. The van der Waals surface area contributed by atoms with Crippen molar-refractivity contribution in [2.45, 2.75) is 10.7 Å². The number of ether oxygens (including phenoxy) is 1. The SMILES string of the molecule is O=C(Nc1ccc(N2CCOCC2)cc1)c1ccccc1SC(F)F. The number of nitrogens with one attached hydrogen (secondary N) is 1. The van der Waals surface area contributed by atoms with E-state index >= 15 is 0 Å². The molecule has 0 spiro atoms. The van der Waals surface area contributed by atoms with Crippen LogP contribution in [-0.2, 0) is 4.74 Å². The van der Waals surface area contributed by atoms with Gasteiger partial charge in [-0.25, -0.2) is 0 Å². The van der Waals surface area contributed by atoms with Gasteiger partial charge >= 0.3 is 0 Å². The lowest BCUT2D eigenvalue weighted by Gasteiger charge is -2.28. The van der Waals surface area contributed by atoms with Crippen molar-refractivity contribution in [1.29, 1.82) is 0 Å². The van der Waals surface area contributed by atoms with Crippen LogP contribution in [0.2, 0.25) is 0 Å². The van der Waals surface area contributed by atoms with Gasteiger partial charge in [0.15, 0.2) is 0 Å². The third-order valence-corrected chi connectivity index (χ3v) is 4.64. The molecule has 2 aromatic carbocycles. The predicted molar refractivity (Wildman–Crippen MR) is 95.7 cm³/mol. The van der Waals surface area contributed by atoms with Crippen molar-refractivity contribution >= 4 is 29.0 Å². The maximum atomic E-state index is 12.6. The molecule has 0 unspecified atom stereocenters. The van der Waals surface area contributed by atoms with Gasteiger partial charge in [0.1, 0.15) is 0 Å². The highest BCUT2D eigenvalue weighted by Gasteiger charge is 2.16. The van der Waals surface area contributed by atoms with Crippen molar-refractivity contribution in [3.8, 4) is 0 Å². The lowest BCUT2D eigenvalue weighted by molar-refractivity contribution is 0.102. The Morgan fingerprint density at radius 3 is 2.44 bits per heavy atom. The van der Waals surface area contributed by atoms with Crippen molar-refractivity contribution in [3.63, 3.8) is 0 Å². The molecule has 4 nitrogen and oxygen atoms in total. The molecule has 3 rings (SSSR count). The van der Waals surface area contributed by atoms with Crippen molar-refractivity contribution < 1.29 is 18.3 Å². The summed E-state index contributed by atoms with van der Waals surface area (Å²) in [4.78, 5) is 14.9. The molecule has 0 aromatic heterocycles. The second-order valence-corrected chi connectivity index (χ2v) is 6.51. The van der Waals surface area contributed by atoms with Crippen LogP contribution in [0.4, 0.5) is 20.2 Å². The van der Waals surface area contributed by atoms with E-state index in [4.69, 9.17) is 4.74 Å². The molecule has 0 radical (unpaired) electrons. The summed E-state index contributed by atoms with van der Waals surface area (Å²) in [7, 11) is 0. The van der Waals surface area contributed by atoms with E-state index in [0.717, 1.165) is 18.8 Å². The highest BCUT2D eigenvalue weighted by Crippen LogP contribution is 2.29. The Hall–Kier alpha value is -2.12. The first-order chi connectivity index (χ1) is 12.1. The molecule has 132 valence electrons. The van der Waals surface area contributed by atoms with Gasteiger partial charge in [0, 0.05) is 29.4 Å². The molecule has 2 aromatic rings. The Morgan fingerprint density at radius 2 is 1.76 bits per heavy atom. The lowest BCUT2D eigenvalue weighted by Crippen LogP contribution is -2.36. The van der Waals surface area contributed by atoms with E-state index in [9.17, 15) is 13.6 Å². The number of halogens is 2. The molecular weight excluding hydrogens is 346 g/mol. The van der Waals surface area contributed by atoms with Crippen LogP contribution < -0.4 is 10.2 Å². The second-order valence-electron chi connectivity index (χ2n) is 5.48. The van der Waals surface area contributed by atoms with Gasteiger partial charge in [0.05, 0.1) is 18.8 Å². The van der Waals surface area contributed by atoms with Crippen molar-refractivity contribution in [2.24, 2.45) is 0 Å². The van der Waals surface area contributed by atoms with Crippen LogP contribution in [0.5, 0.6) is 0 Å². The van der Waals surface area contributed by atoms with E-state index in [1.54, 1.807) is 18.2 Å². The molecule has 0 atom stereocenters. The number of nitrogens with zero attached hydrogens (tertiary/aromatic N) is 1. The van der Waals surface area contributed by atoms with Crippen LogP contribution in [0.1, 0.15) is 10.4 Å². The number of anilines is 2. The van der Waals surface area contributed by atoms with E-state index in [-0.39, 0.29) is 10.5 Å². The zero-order valence-corrected chi connectivity index (χ0v) is 14.3. The molecule has 0 saturated carbocycles. The normalized spacial score (nSPS) is 14.6. The fourth-order valence-electron chi connectivity index (χ4n) is 2.63. The molecule has 1 amide bonds. The first-order valence-electron chi connectivity index (χ1n) is 7.91. The van der Waals surface area contributed by atoms with Crippen molar-refractivity contribution in [2.75, 3.05) is 36.5 Å². The van der Waals surface area contributed by atoms with Gasteiger partial charge in [0.25, 0.3) is 11.7 Å². The molecular formula is C18H18F2N2O2S. The number of alkyl halides is 2. The predicted octanol–water partition coefficient (Wildman–Crippen LogP) is 4.09. The molecule has 1 aliphatic heterocycles. The summed E-state index contributed by atoms with van der Waals surface area (Å²) in [6.07, 6.45) is 0. The van der Waals surface area contributed by atoms with Crippen LogP contribution in [0.15, 0.2) is 53.4 Å². The molecule has 1 fully saturated rings. The zero-order chi connectivity index (χ0) is 17.6. The van der Waals surface area contributed by atoms with Crippen LogP contribution in [0.3, 0.4) is 0 Å². The van der Waals surface area contributed by atoms with Crippen LogP contribution in [-0.4, -0.2) is 38.0 Å². The summed E-state index contributed by atoms with van der Waals surface area (Å²) in [5.74, 6) is -2.97. The number of carbonyl (C=O) groups is 1. The highest BCUT2D eigenvalue weighted by molar-refractivity contribution is 7.99. The number of amides is 1. The second kappa shape index (κ2) is 8.31. The smallest absolute Gasteiger partial charge is 0.288 e. The molecule has 0 bridgehead atoms. The van der Waals surface area contributed by atoms with Gasteiger partial charge in [-0.05, 0) is 36.4 Å². The molecule has 25 heavy (non-hydrogen) atoms. The molecule has 1 saturated heterocycles. The summed E-state index contributed by atoms with van der Waals surface area (Å²) in [5.41, 5.74) is 1.93. The first-order valence-corrected chi connectivity index (χ1v) is 8.79. The van der Waals surface area contributed by atoms with Gasteiger partial charge in [-0.15, -0.1) is 0 Å². The standard InChI is InChI=1S/C18H18F2N2O2S/c19-18(20)25-16-4-2-1-3-15(16)17(23)21-13-5-7-14(8-6-13)22-9-11-24-12-10-22/h1-8,18H,9-12H2,(H,21,23). The third-order valence-electron chi connectivity index (χ3n) is 3.85. The Morgan fingerprint density at radius 1 is 1.08 bits per heavy atom. The molecule has 0 aliphatic carbocycles. The Labute approximate surface area is 149 Å². The average molecular weight is 364 g/mol. The maximum Gasteiger partial charge on any atom is 0.288 e. The monoisotopic (exact) mass is 364 g/mol. The van der Waals surface area contributed by atoms with E-state index in [2.05, 4.69) is 10.2 Å². The van der Waals surface area contributed by atoms with Gasteiger partial charge in [-0.3, -0.25) is 4.79 Å². The van der Waals surface area contributed by atoms with Crippen LogP contribution in [0, 0.1) is 0 Å². The van der Waals surface area contributed by atoms with Gasteiger partial charge in [-0.2, -0.15) is 8.78 Å². The average Bonchev–Trinajstić information content (AvgIpc) is 2.63. The van der Waals surface area contributed by atoms with Gasteiger partial charge in [-0.1, -0.05) is 23.9 Å². The number of rotatable bonds is 5. The number of benzene rings is 2. The van der Waals surface area contributed by atoms with Crippen molar-refractivity contribution in [1.82, 2.24) is 0 Å². The fourth-order valence-corrected chi connectivity index (χ4v) is 3.27. The molecule has 1 heterocycles. The summed E-state index contributed by atoms with van der Waals surface area (Å²) >= 11 is 0.372. The summed E-state index contributed by atoms with van der Waals surface area (Å²) in [5, 5.41) is 2.76. The number of carbonyl (C=O) groups excluding carboxylic acids is 1. The summed E-state index contributed by atoms with van der Waals surface area (Å²) < 4.78 is 30.6. The first kappa shape index (κ1) is 17.7. The number of hydrogen-bond donors (Lipinski definition) is 1.